The Bertz CT molecular complexity index is 601. The zero-order valence-electron chi connectivity index (χ0n) is 12.3. The van der Waals surface area contributed by atoms with Crippen LogP contribution in [0.4, 0.5) is 0 Å². The molecule has 0 atom stereocenters. The lowest BCUT2D eigenvalue weighted by Crippen LogP contribution is -2.43. The van der Waals surface area contributed by atoms with Crippen LogP contribution >= 0.6 is 48.8 Å². The number of aryl methyl sites for hydroxylation is 1. The Morgan fingerprint density at radius 1 is 1.14 bits per heavy atom. The van der Waals surface area contributed by atoms with Gasteiger partial charge in [0.25, 0.3) is 0 Å². The van der Waals surface area contributed by atoms with Crippen molar-refractivity contribution in [2.45, 2.75) is 13.5 Å². The van der Waals surface area contributed by atoms with Crippen LogP contribution in [-0.4, -0.2) is 36.1 Å². The van der Waals surface area contributed by atoms with Gasteiger partial charge in [-0.15, -0.1) is 37.2 Å². The second kappa shape index (κ2) is 9.76. The smallest absolute Gasteiger partial charge is 0.0740 e. The minimum Gasteiger partial charge on any atom is -0.314 e. The predicted molar refractivity (Wildman–Crippen MR) is 101 cm³/mol. The Balaban J connectivity index is 0.00000147. The van der Waals surface area contributed by atoms with E-state index in [4.69, 9.17) is 16.6 Å². The second-order valence-corrected chi connectivity index (χ2v) is 5.42. The third-order valence-corrected chi connectivity index (χ3v) is 4.23. The first kappa shape index (κ1) is 21.7. The highest BCUT2D eigenvalue weighted by Gasteiger charge is 2.15. The number of halogens is 4. The summed E-state index contributed by atoms with van der Waals surface area (Å²) in [5.41, 5.74) is 3.17. The molecule has 0 radical (unpaired) electrons. The van der Waals surface area contributed by atoms with Gasteiger partial charge in [0.15, 0.2) is 0 Å². The summed E-state index contributed by atoms with van der Waals surface area (Å²) in [7, 11) is 0. The first-order valence-electron chi connectivity index (χ1n) is 6.72. The number of piperazine rings is 1. The van der Waals surface area contributed by atoms with Gasteiger partial charge in [-0.2, -0.15) is 0 Å². The molecule has 1 aliphatic rings. The highest BCUT2D eigenvalue weighted by Crippen LogP contribution is 2.27. The number of rotatable bonds is 2. The third kappa shape index (κ3) is 4.60. The van der Waals surface area contributed by atoms with Crippen LogP contribution in [0.2, 0.25) is 5.02 Å². The molecule has 0 saturated carbocycles. The molecule has 1 saturated heterocycles. The summed E-state index contributed by atoms with van der Waals surface area (Å²) >= 11 is 6.49. The van der Waals surface area contributed by atoms with Crippen LogP contribution in [0.25, 0.3) is 10.9 Å². The van der Waals surface area contributed by atoms with Gasteiger partial charge in [0.05, 0.1) is 16.2 Å². The lowest BCUT2D eigenvalue weighted by molar-refractivity contribution is 0.231. The molecule has 3 rings (SSSR count). The molecule has 0 unspecified atom stereocenters. The maximum atomic E-state index is 6.49. The van der Waals surface area contributed by atoms with Crippen molar-refractivity contribution in [3.8, 4) is 0 Å². The van der Waals surface area contributed by atoms with E-state index in [-0.39, 0.29) is 37.2 Å². The van der Waals surface area contributed by atoms with E-state index in [2.05, 4.69) is 29.3 Å². The summed E-state index contributed by atoms with van der Waals surface area (Å²) in [5, 5.41) is 5.33. The van der Waals surface area contributed by atoms with Crippen molar-refractivity contribution < 1.29 is 0 Å². The lowest BCUT2D eigenvalue weighted by Gasteiger charge is -2.27. The van der Waals surface area contributed by atoms with Crippen molar-refractivity contribution in [3.63, 3.8) is 0 Å². The Morgan fingerprint density at radius 3 is 2.45 bits per heavy atom. The molecule has 1 aromatic heterocycles. The maximum absolute atomic E-state index is 6.49. The number of benzene rings is 1. The maximum Gasteiger partial charge on any atom is 0.0740 e. The van der Waals surface area contributed by atoms with Gasteiger partial charge in [0, 0.05) is 38.1 Å². The van der Waals surface area contributed by atoms with Crippen LogP contribution in [0.1, 0.15) is 11.3 Å². The fraction of sp³-hybridized carbons (Fsp3) is 0.400. The van der Waals surface area contributed by atoms with Crippen molar-refractivity contribution >= 4 is 59.7 Å². The monoisotopic (exact) mass is 383 g/mol. The molecule has 0 amide bonds. The Labute approximate surface area is 155 Å². The molecule has 0 spiro atoms. The van der Waals surface area contributed by atoms with Crippen LogP contribution in [0.3, 0.4) is 0 Å². The summed E-state index contributed by atoms with van der Waals surface area (Å²) < 4.78 is 0. The molecule has 0 bridgehead atoms. The molecule has 2 aromatic rings. The van der Waals surface area contributed by atoms with Crippen molar-refractivity contribution in [1.29, 1.82) is 0 Å². The zero-order valence-corrected chi connectivity index (χ0v) is 15.5. The standard InChI is InChI=1S/C15H18ClN3.3ClH/c1-11-12-4-2-3-5-13(12)18-14(15(11)16)10-19-8-6-17-7-9-19;;;/h2-5,17H,6-10H2,1H3;3*1H. The number of para-hydroxylation sites is 1. The molecule has 1 fully saturated rings. The zero-order chi connectivity index (χ0) is 13.2. The molecular formula is C15H21Cl4N3. The van der Waals surface area contributed by atoms with Crippen LogP contribution in [0.15, 0.2) is 24.3 Å². The van der Waals surface area contributed by atoms with E-state index in [1.807, 2.05) is 12.1 Å². The summed E-state index contributed by atoms with van der Waals surface area (Å²) in [6.45, 7) is 7.13. The van der Waals surface area contributed by atoms with Gasteiger partial charge < -0.3 is 5.32 Å². The van der Waals surface area contributed by atoms with Gasteiger partial charge >= 0.3 is 0 Å². The number of fused-ring (bicyclic) bond motifs is 1. The molecule has 124 valence electrons. The summed E-state index contributed by atoms with van der Waals surface area (Å²) in [4.78, 5) is 7.14. The molecule has 1 aliphatic heterocycles. The van der Waals surface area contributed by atoms with Crippen molar-refractivity contribution in [2.75, 3.05) is 26.2 Å². The largest absolute Gasteiger partial charge is 0.314 e. The van der Waals surface area contributed by atoms with E-state index in [1.54, 1.807) is 0 Å². The Kier molecular flexibility index (Phi) is 9.63. The molecule has 22 heavy (non-hydrogen) atoms. The number of hydrogen-bond donors (Lipinski definition) is 1. The highest BCUT2D eigenvalue weighted by atomic mass is 35.5. The van der Waals surface area contributed by atoms with Crippen molar-refractivity contribution in [2.24, 2.45) is 0 Å². The molecule has 7 heteroatoms. The molecule has 1 aromatic carbocycles. The number of aromatic nitrogens is 1. The van der Waals surface area contributed by atoms with E-state index in [1.165, 1.54) is 0 Å². The normalized spacial score (nSPS) is 14.6. The highest BCUT2D eigenvalue weighted by molar-refractivity contribution is 6.32. The van der Waals surface area contributed by atoms with Crippen molar-refractivity contribution in [3.05, 3.63) is 40.5 Å². The van der Waals surface area contributed by atoms with E-state index in [0.717, 1.165) is 59.9 Å². The van der Waals surface area contributed by atoms with Crippen LogP contribution < -0.4 is 5.32 Å². The van der Waals surface area contributed by atoms with E-state index in [9.17, 15) is 0 Å². The molecule has 1 N–H and O–H groups in total. The van der Waals surface area contributed by atoms with E-state index < -0.39 is 0 Å². The topological polar surface area (TPSA) is 28.2 Å². The molecule has 3 nitrogen and oxygen atoms in total. The fourth-order valence-electron chi connectivity index (χ4n) is 2.60. The summed E-state index contributed by atoms with van der Waals surface area (Å²) in [6, 6.07) is 8.19. The average molecular weight is 385 g/mol. The fourth-order valence-corrected chi connectivity index (χ4v) is 2.81. The van der Waals surface area contributed by atoms with Crippen LogP contribution in [-0.2, 0) is 6.54 Å². The number of hydrogen-bond acceptors (Lipinski definition) is 3. The van der Waals surface area contributed by atoms with E-state index in [0.29, 0.717) is 0 Å². The summed E-state index contributed by atoms with van der Waals surface area (Å²) in [5.74, 6) is 0. The third-order valence-electron chi connectivity index (χ3n) is 3.73. The molecular weight excluding hydrogens is 364 g/mol. The minimum atomic E-state index is 0. The summed E-state index contributed by atoms with van der Waals surface area (Å²) in [6.07, 6.45) is 0. The van der Waals surface area contributed by atoms with Gasteiger partial charge in [0.2, 0.25) is 0 Å². The first-order chi connectivity index (χ1) is 9.25. The lowest BCUT2D eigenvalue weighted by atomic mass is 10.1. The van der Waals surface area contributed by atoms with Gasteiger partial charge in [-0.3, -0.25) is 4.90 Å². The predicted octanol–water partition coefficient (Wildman–Crippen LogP) is 3.87. The minimum absolute atomic E-state index is 0. The molecule has 2 heterocycles. The number of nitrogens with one attached hydrogen (secondary N) is 1. The van der Waals surface area contributed by atoms with Crippen LogP contribution in [0, 0.1) is 6.92 Å². The number of nitrogens with zero attached hydrogens (tertiary/aromatic N) is 2. The van der Waals surface area contributed by atoms with Gasteiger partial charge in [-0.05, 0) is 18.6 Å². The SMILES string of the molecule is Cc1c(Cl)c(CN2CCNCC2)nc2ccccc12.Cl.Cl.Cl. The van der Waals surface area contributed by atoms with Crippen LogP contribution in [0.5, 0.6) is 0 Å². The van der Waals surface area contributed by atoms with Gasteiger partial charge in [-0.25, -0.2) is 4.98 Å². The quantitative estimate of drug-likeness (QED) is 0.851. The van der Waals surface area contributed by atoms with Gasteiger partial charge in [0.1, 0.15) is 0 Å². The number of pyridine rings is 1. The average Bonchev–Trinajstić information content (AvgIpc) is 2.46. The molecule has 0 aliphatic carbocycles. The Morgan fingerprint density at radius 2 is 1.77 bits per heavy atom. The van der Waals surface area contributed by atoms with Gasteiger partial charge in [-0.1, -0.05) is 29.8 Å². The second-order valence-electron chi connectivity index (χ2n) is 5.04. The first-order valence-corrected chi connectivity index (χ1v) is 7.10. The van der Waals surface area contributed by atoms with E-state index >= 15 is 0 Å². The Hall–Kier alpha value is -0.290. The van der Waals surface area contributed by atoms with Crippen molar-refractivity contribution in [1.82, 2.24) is 15.2 Å².